The van der Waals surface area contributed by atoms with Gasteiger partial charge in [0.05, 0.1) is 0 Å². The Morgan fingerprint density at radius 3 is 2.83 bits per heavy atom. The van der Waals surface area contributed by atoms with Gasteiger partial charge >= 0.3 is 0 Å². The molecule has 18 heavy (non-hydrogen) atoms. The lowest BCUT2D eigenvalue weighted by Gasteiger charge is -2.03. The van der Waals surface area contributed by atoms with Crippen molar-refractivity contribution in [3.05, 3.63) is 48.3 Å². The van der Waals surface area contributed by atoms with Crippen LogP contribution in [0.3, 0.4) is 0 Å². The van der Waals surface area contributed by atoms with E-state index in [1.165, 1.54) is 17.8 Å². The predicted octanol–water partition coefficient (Wildman–Crippen LogP) is 2.27. The molecule has 0 amide bonds. The van der Waals surface area contributed by atoms with E-state index in [1.807, 2.05) is 19.1 Å². The molecule has 0 atom stereocenters. The molecule has 0 aromatic carbocycles. The first-order chi connectivity index (χ1) is 8.60. The van der Waals surface area contributed by atoms with Crippen LogP contribution in [-0.2, 0) is 10.0 Å². The van der Waals surface area contributed by atoms with Crippen LogP contribution >= 0.6 is 0 Å². The summed E-state index contributed by atoms with van der Waals surface area (Å²) in [4.78, 5) is 3.97. The zero-order chi connectivity index (χ0) is 13.4. The van der Waals surface area contributed by atoms with Gasteiger partial charge in [0.1, 0.15) is 4.90 Å². The summed E-state index contributed by atoms with van der Waals surface area (Å²) in [6.07, 6.45) is 9.53. The third-order valence-corrected chi connectivity index (χ3v) is 3.86. The van der Waals surface area contributed by atoms with Gasteiger partial charge in [0.15, 0.2) is 0 Å². The van der Waals surface area contributed by atoms with Gasteiger partial charge in [-0.05, 0) is 25.5 Å². The SMILES string of the molecule is C/C=C(/C=C\CNS(=O)(=O)c1cccnc1)CC. The second-order valence-electron chi connectivity index (χ2n) is 3.66. The van der Waals surface area contributed by atoms with Crippen molar-refractivity contribution in [2.24, 2.45) is 0 Å². The molecule has 1 heterocycles. The number of hydrogen-bond donors (Lipinski definition) is 1. The zero-order valence-electron chi connectivity index (χ0n) is 10.6. The Bertz CT molecular complexity index is 519. The van der Waals surface area contributed by atoms with Crippen molar-refractivity contribution in [2.75, 3.05) is 6.54 Å². The van der Waals surface area contributed by atoms with Gasteiger partial charge in [-0.15, -0.1) is 0 Å². The molecule has 1 aromatic heterocycles. The molecule has 0 aliphatic rings. The second kappa shape index (κ2) is 7.08. The molecular weight excluding hydrogens is 248 g/mol. The number of nitrogens with one attached hydrogen (secondary N) is 1. The van der Waals surface area contributed by atoms with Gasteiger partial charge in [0.2, 0.25) is 10.0 Å². The number of sulfonamides is 1. The summed E-state index contributed by atoms with van der Waals surface area (Å²) in [6.45, 7) is 4.29. The van der Waals surface area contributed by atoms with Gasteiger partial charge in [0.25, 0.3) is 0 Å². The standard InChI is InChI=1S/C13H18N2O2S/c1-3-12(4-2)7-5-10-15-18(16,17)13-8-6-9-14-11-13/h3,5-9,11,15H,4,10H2,1-2H3/b7-5-,12-3+. The minimum atomic E-state index is -3.45. The van der Waals surface area contributed by atoms with E-state index in [2.05, 4.69) is 16.6 Å². The Morgan fingerprint density at radius 2 is 2.28 bits per heavy atom. The molecule has 0 aliphatic heterocycles. The molecular formula is C13H18N2O2S. The van der Waals surface area contributed by atoms with Crippen LogP contribution in [0, 0.1) is 0 Å². The summed E-state index contributed by atoms with van der Waals surface area (Å²) < 4.78 is 26.1. The Labute approximate surface area is 109 Å². The molecule has 0 bridgehead atoms. The van der Waals surface area contributed by atoms with Gasteiger partial charge in [0, 0.05) is 18.9 Å². The first-order valence-corrected chi connectivity index (χ1v) is 7.30. The fourth-order valence-corrected chi connectivity index (χ4v) is 2.32. The molecule has 0 aliphatic carbocycles. The van der Waals surface area contributed by atoms with Crippen LogP contribution in [0.2, 0.25) is 0 Å². The fraction of sp³-hybridized carbons (Fsp3) is 0.308. The van der Waals surface area contributed by atoms with Crippen molar-refractivity contribution in [3.8, 4) is 0 Å². The summed E-state index contributed by atoms with van der Waals surface area (Å²) in [6, 6.07) is 3.11. The van der Waals surface area contributed by atoms with E-state index < -0.39 is 10.0 Å². The van der Waals surface area contributed by atoms with Gasteiger partial charge in [-0.25, -0.2) is 13.1 Å². The first kappa shape index (κ1) is 14.6. The molecule has 0 saturated heterocycles. The highest BCUT2D eigenvalue weighted by Gasteiger charge is 2.11. The van der Waals surface area contributed by atoms with E-state index in [9.17, 15) is 8.42 Å². The maximum Gasteiger partial charge on any atom is 0.242 e. The molecule has 0 radical (unpaired) electrons. The average Bonchev–Trinajstić information content (AvgIpc) is 2.40. The third-order valence-electron chi connectivity index (χ3n) is 2.45. The number of pyridine rings is 1. The molecule has 0 saturated carbocycles. The first-order valence-electron chi connectivity index (χ1n) is 5.81. The maximum atomic E-state index is 11.8. The minimum Gasteiger partial charge on any atom is -0.263 e. The summed E-state index contributed by atoms with van der Waals surface area (Å²) in [7, 11) is -3.45. The molecule has 98 valence electrons. The van der Waals surface area contributed by atoms with Crippen LogP contribution in [0.5, 0.6) is 0 Å². The molecule has 4 nitrogen and oxygen atoms in total. The van der Waals surface area contributed by atoms with Crippen LogP contribution in [0.25, 0.3) is 0 Å². The van der Waals surface area contributed by atoms with Crippen LogP contribution in [0.15, 0.2) is 53.2 Å². The van der Waals surface area contributed by atoms with E-state index in [-0.39, 0.29) is 11.4 Å². The lowest BCUT2D eigenvalue weighted by Crippen LogP contribution is -2.23. The molecule has 0 fully saturated rings. The average molecular weight is 266 g/mol. The highest BCUT2D eigenvalue weighted by atomic mass is 32.2. The van der Waals surface area contributed by atoms with E-state index in [0.717, 1.165) is 6.42 Å². The monoisotopic (exact) mass is 266 g/mol. The van der Waals surface area contributed by atoms with Crippen LogP contribution in [-0.4, -0.2) is 19.9 Å². The van der Waals surface area contributed by atoms with Crippen molar-refractivity contribution in [3.63, 3.8) is 0 Å². The van der Waals surface area contributed by atoms with E-state index in [0.29, 0.717) is 0 Å². The summed E-state index contributed by atoms with van der Waals surface area (Å²) in [5, 5.41) is 0. The van der Waals surface area contributed by atoms with Gasteiger partial charge < -0.3 is 0 Å². The number of hydrogen-bond acceptors (Lipinski definition) is 3. The van der Waals surface area contributed by atoms with E-state index in [1.54, 1.807) is 18.3 Å². The quantitative estimate of drug-likeness (QED) is 0.804. The van der Waals surface area contributed by atoms with Gasteiger partial charge in [-0.1, -0.05) is 30.7 Å². The molecule has 0 spiro atoms. The number of rotatable bonds is 6. The molecule has 1 N–H and O–H groups in total. The Kier molecular flexibility index (Phi) is 5.74. The smallest absolute Gasteiger partial charge is 0.242 e. The van der Waals surface area contributed by atoms with E-state index in [4.69, 9.17) is 0 Å². The summed E-state index contributed by atoms with van der Waals surface area (Å²) >= 11 is 0. The predicted molar refractivity (Wildman–Crippen MR) is 72.6 cm³/mol. The van der Waals surface area contributed by atoms with Crippen molar-refractivity contribution >= 4 is 10.0 Å². The topological polar surface area (TPSA) is 59.1 Å². The molecule has 1 rings (SSSR count). The fourth-order valence-electron chi connectivity index (χ4n) is 1.38. The number of nitrogens with zero attached hydrogens (tertiary/aromatic N) is 1. The largest absolute Gasteiger partial charge is 0.263 e. The van der Waals surface area contributed by atoms with Crippen molar-refractivity contribution in [1.29, 1.82) is 0 Å². The highest BCUT2D eigenvalue weighted by Crippen LogP contribution is 2.05. The zero-order valence-corrected chi connectivity index (χ0v) is 11.4. The van der Waals surface area contributed by atoms with Crippen molar-refractivity contribution < 1.29 is 8.42 Å². The molecule has 1 aromatic rings. The van der Waals surface area contributed by atoms with Crippen molar-refractivity contribution in [1.82, 2.24) is 9.71 Å². The number of aromatic nitrogens is 1. The summed E-state index contributed by atoms with van der Waals surface area (Å²) in [5.41, 5.74) is 1.18. The Morgan fingerprint density at radius 1 is 1.50 bits per heavy atom. The third kappa shape index (κ3) is 4.43. The van der Waals surface area contributed by atoms with Crippen LogP contribution < -0.4 is 4.72 Å². The Hall–Kier alpha value is -1.46. The van der Waals surface area contributed by atoms with Crippen LogP contribution in [0.4, 0.5) is 0 Å². The Balaban J connectivity index is 2.59. The minimum absolute atomic E-state index is 0.181. The summed E-state index contributed by atoms with van der Waals surface area (Å²) in [5.74, 6) is 0. The molecule has 0 unspecified atom stereocenters. The molecule has 5 heteroatoms. The van der Waals surface area contributed by atoms with E-state index >= 15 is 0 Å². The van der Waals surface area contributed by atoms with Crippen molar-refractivity contribution in [2.45, 2.75) is 25.2 Å². The number of allylic oxidation sites excluding steroid dienone is 3. The maximum absolute atomic E-state index is 11.8. The van der Waals surface area contributed by atoms with Gasteiger partial charge in [-0.3, -0.25) is 4.98 Å². The lowest BCUT2D eigenvalue weighted by molar-refractivity contribution is 0.585. The van der Waals surface area contributed by atoms with Gasteiger partial charge in [-0.2, -0.15) is 0 Å². The lowest BCUT2D eigenvalue weighted by atomic mass is 10.2. The second-order valence-corrected chi connectivity index (χ2v) is 5.43. The highest BCUT2D eigenvalue weighted by molar-refractivity contribution is 7.89. The normalized spacial score (nSPS) is 13.1. The van der Waals surface area contributed by atoms with Crippen LogP contribution in [0.1, 0.15) is 20.3 Å².